The van der Waals surface area contributed by atoms with Gasteiger partial charge in [0.2, 0.25) is 0 Å². The first-order chi connectivity index (χ1) is 9.48. The van der Waals surface area contributed by atoms with Crippen LogP contribution in [-0.4, -0.2) is 24.8 Å². The molecule has 118 valence electrons. The molecule has 1 N–H and O–H groups in total. The second-order valence-corrected chi connectivity index (χ2v) is 8.11. The molecule has 2 aliphatic rings. The topological polar surface area (TPSA) is 21.3 Å². The van der Waals surface area contributed by atoms with Gasteiger partial charge in [-0.3, -0.25) is 0 Å². The van der Waals surface area contributed by atoms with Gasteiger partial charge in [-0.15, -0.1) is 0 Å². The molecule has 20 heavy (non-hydrogen) atoms. The summed E-state index contributed by atoms with van der Waals surface area (Å²) in [6.07, 6.45) is 11.3. The van der Waals surface area contributed by atoms with Gasteiger partial charge in [0.25, 0.3) is 0 Å². The van der Waals surface area contributed by atoms with E-state index in [1.54, 1.807) is 0 Å². The van der Waals surface area contributed by atoms with E-state index in [1.807, 2.05) is 0 Å². The Labute approximate surface area is 126 Å². The van der Waals surface area contributed by atoms with Crippen molar-refractivity contribution in [3.05, 3.63) is 0 Å². The molecular weight excluding hydrogens is 246 g/mol. The Hall–Kier alpha value is -0.0800. The molecule has 2 nitrogen and oxygen atoms in total. The van der Waals surface area contributed by atoms with E-state index in [-0.39, 0.29) is 0 Å². The molecular formula is C18H35NO. The van der Waals surface area contributed by atoms with Crippen LogP contribution in [0.1, 0.15) is 79.1 Å². The van der Waals surface area contributed by atoms with E-state index in [9.17, 15) is 0 Å². The second kappa shape index (κ2) is 7.26. The highest BCUT2D eigenvalue weighted by Crippen LogP contribution is 2.40. The van der Waals surface area contributed by atoms with Crippen LogP contribution in [0.3, 0.4) is 0 Å². The molecule has 2 aliphatic carbocycles. The maximum atomic E-state index is 6.51. The third-order valence-corrected chi connectivity index (χ3v) is 5.04. The van der Waals surface area contributed by atoms with Gasteiger partial charge in [0, 0.05) is 6.04 Å². The summed E-state index contributed by atoms with van der Waals surface area (Å²) < 4.78 is 6.51. The Bertz CT molecular complexity index is 289. The zero-order valence-corrected chi connectivity index (χ0v) is 14.1. The van der Waals surface area contributed by atoms with Crippen molar-refractivity contribution in [3.63, 3.8) is 0 Å². The minimum atomic E-state index is 0.469. The lowest BCUT2D eigenvalue weighted by Crippen LogP contribution is -2.40. The van der Waals surface area contributed by atoms with Crippen LogP contribution in [0.5, 0.6) is 0 Å². The Morgan fingerprint density at radius 2 is 1.90 bits per heavy atom. The van der Waals surface area contributed by atoms with E-state index < -0.39 is 0 Å². The van der Waals surface area contributed by atoms with Crippen molar-refractivity contribution in [2.45, 2.75) is 97.3 Å². The quantitative estimate of drug-likeness (QED) is 0.799. The molecule has 0 bridgehead atoms. The zero-order chi connectivity index (χ0) is 14.6. The molecule has 2 rings (SSSR count). The molecule has 0 aromatic carbocycles. The van der Waals surface area contributed by atoms with Crippen molar-refractivity contribution >= 4 is 0 Å². The average Bonchev–Trinajstić information content (AvgIpc) is 2.34. The largest absolute Gasteiger partial charge is 0.375 e. The molecule has 0 aromatic rings. The van der Waals surface area contributed by atoms with Gasteiger partial charge in [-0.2, -0.15) is 0 Å². The van der Waals surface area contributed by atoms with Gasteiger partial charge in [0.15, 0.2) is 0 Å². The fourth-order valence-electron chi connectivity index (χ4n) is 4.44. The summed E-state index contributed by atoms with van der Waals surface area (Å²) in [4.78, 5) is 0. The van der Waals surface area contributed by atoms with E-state index in [0.29, 0.717) is 23.7 Å². The van der Waals surface area contributed by atoms with Gasteiger partial charge >= 0.3 is 0 Å². The molecule has 0 aliphatic heterocycles. The van der Waals surface area contributed by atoms with Crippen LogP contribution in [0.4, 0.5) is 0 Å². The van der Waals surface area contributed by atoms with Crippen molar-refractivity contribution in [1.82, 2.24) is 5.32 Å². The highest BCUT2D eigenvalue weighted by molar-refractivity contribution is 4.85. The number of rotatable bonds is 5. The van der Waals surface area contributed by atoms with E-state index >= 15 is 0 Å². The molecule has 0 heterocycles. The summed E-state index contributed by atoms with van der Waals surface area (Å²) in [6.45, 7) is 10.6. The van der Waals surface area contributed by atoms with Crippen molar-refractivity contribution < 1.29 is 4.74 Å². The van der Waals surface area contributed by atoms with Crippen molar-refractivity contribution in [1.29, 1.82) is 0 Å². The van der Waals surface area contributed by atoms with E-state index in [1.165, 1.54) is 51.4 Å². The van der Waals surface area contributed by atoms with Gasteiger partial charge in [0.05, 0.1) is 12.2 Å². The first-order valence-corrected chi connectivity index (χ1v) is 8.87. The molecule has 0 amide bonds. The molecule has 0 aromatic heterocycles. The van der Waals surface area contributed by atoms with Crippen LogP contribution in [0, 0.1) is 11.3 Å². The van der Waals surface area contributed by atoms with Crippen LogP contribution in [-0.2, 0) is 4.74 Å². The van der Waals surface area contributed by atoms with Crippen molar-refractivity contribution in [3.8, 4) is 0 Å². The molecule has 2 saturated carbocycles. The van der Waals surface area contributed by atoms with Crippen LogP contribution < -0.4 is 5.32 Å². The number of hydrogen-bond acceptors (Lipinski definition) is 2. The number of ether oxygens (including phenoxy) is 1. The monoisotopic (exact) mass is 281 g/mol. The second-order valence-electron chi connectivity index (χ2n) is 8.11. The molecule has 0 saturated heterocycles. The lowest BCUT2D eigenvalue weighted by atomic mass is 9.71. The van der Waals surface area contributed by atoms with Crippen molar-refractivity contribution in [2.75, 3.05) is 6.54 Å². The maximum Gasteiger partial charge on any atom is 0.0593 e. The van der Waals surface area contributed by atoms with Gasteiger partial charge < -0.3 is 10.1 Å². The highest BCUT2D eigenvalue weighted by Gasteiger charge is 2.34. The zero-order valence-electron chi connectivity index (χ0n) is 14.1. The van der Waals surface area contributed by atoms with Gasteiger partial charge in [-0.05, 0) is 69.2 Å². The van der Waals surface area contributed by atoms with E-state index in [2.05, 4.69) is 33.0 Å². The average molecular weight is 281 g/mol. The van der Waals surface area contributed by atoms with Crippen molar-refractivity contribution in [2.24, 2.45) is 11.3 Å². The Kier molecular flexibility index (Phi) is 5.92. The molecule has 0 spiro atoms. The first kappa shape index (κ1) is 16.3. The molecule has 2 fully saturated rings. The predicted molar refractivity (Wildman–Crippen MR) is 86.0 cm³/mol. The SMILES string of the molecule is CCCNC1CCCC(OC2CC(C)CC(C)(C)C2)C1. The normalized spacial score (nSPS) is 37.8. The van der Waals surface area contributed by atoms with Gasteiger partial charge in [-0.25, -0.2) is 0 Å². The lowest BCUT2D eigenvalue weighted by molar-refractivity contribution is -0.0798. The summed E-state index contributed by atoms with van der Waals surface area (Å²) >= 11 is 0. The standard InChI is InChI=1S/C18H35NO/c1-5-9-19-15-7-6-8-16(11-15)20-17-10-14(2)12-18(3,4)13-17/h14-17,19H,5-13H2,1-4H3. The third-order valence-electron chi connectivity index (χ3n) is 5.04. The van der Waals surface area contributed by atoms with E-state index in [0.717, 1.165) is 12.5 Å². The summed E-state index contributed by atoms with van der Waals surface area (Å²) in [7, 11) is 0. The Balaban J connectivity index is 1.80. The van der Waals surface area contributed by atoms with Crippen LogP contribution >= 0.6 is 0 Å². The summed E-state index contributed by atoms with van der Waals surface area (Å²) in [5.41, 5.74) is 0.469. The highest BCUT2D eigenvalue weighted by atomic mass is 16.5. The fraction of sp³-hybridized carbons (Fsp3) is 1.00. The summed E-state index contributed by atoms with van der Waals surface area (Å²) in [5, 5.41) is 3.68. The molecule has 4 unspecified atom stereocenters. The smallest absolute Gasteiger partial charge is 0.0593 e. The molecule has 4 atom stereocenters. The Morgan fingerprint density at radius 1 is 1.10 bits per heavy atom. The summed E-state index contributed by atoms with van der Waals surface area (Å²) in [6, 6.07) is 0.697. The van der Waals surface area contributed by atoms with Crippen LogP contribution in [0.2, 0.25) is 0 Å². The van der Waals surface area contributed by atoms with E-state index in [4.69, 9.17) is 4.74 Å². The summed E-state index contributed by atoms with van der Waals surface area (Å²) in [5.74, 6) is 0.821. The third kappa shape index (κ3) is 5.04. The van der Waals surface area contributed by atoms with Crippen LogP contribution in [0.25, 0.3) is 0 Å². The minimum Gasteiger partial charge on any atom is -0.375 e. The van der Waals surface area contributed by atoms with Gasteiger partial charge in [-0.1, -0.05) is 27.7 Å². The lowest BCUT2D eigenvalue weighted by Gasteiger charge is -2.41. The first-order valence-electron chi connectivity index (χ1n) is 8.87. The maximum absolute atomic E-state index is 6.51. The predicted octanol–water partition coefficient (Wildman–Crippen LogP) is 4.53. The van der Waals surface area contributed by atoms with Gasteiger partial charge in [0.1, 0.15) is 0 Å². The molecule has 0 radical (unpaired) electrons. The Morgan fingerprint density at radius 3 is 2.60 bits per heavy atom. The number of hydrogen-bond donors (Lipinski definition) is 1. The van der Waals surface area contributed by atoms with Crippen LogP contribution in [0.15, 0.2) is 0 Å². The molecule has 2 heteroatoms. The fourth-order valence-corrected chi connectivity index (χ4v) is 4.44. The number of nitrogens with one attached hydrogen (secondary N) is 1. The minimum absolute atomic E-state index is 0.469.